The van der Waals surface area contributed by atoms with Crippen molar-refractivity contribution in [3.8, 4) is 5.75 Å². The molecule has 2 aromatic carbocycles. The average molecular weight is 340 g/mol. The molecule has 0 atom stereocenters. The number of nitrogens with zero attached hydrogens (tertiary/aromatic N) is 1. The predicted octanol–water partition coefficient (Wildman–Crippen LogP) is 4.34. The molecule has 0 spiro atoms. The summed E-state index contributed by atoms with van der Waals surface area (Å²) >= 11 is 0. The van der Waals surface area contributed by atoms with Gasteiger partial charge in [0.25, 0.3) is 5.69 Å². The summed E-state index contributed by atoms with van der Waals surface area (Å²) in [5, 5.41) is 13.6. The van der Waals surface area contributed by atoms with Gasteiger partial charge in [-0.3, -0.25) is 14.9 Å². The maximum Gasteiger partial charge on any atom is 0.293 e. The number of carbonyl (C=O) groups excluding carboxylic acids is 1. The number of hydrogen-bond acceptors (Lipinski definition) is 4. The molecule has 6 nitrogen and oxygen atoms in total. The van der Waals surface area contributed by atoms with E-state index in [0.29, 0.717) is 12.4 Å². The minimum atomic E-state index is -0.514. The quantitative estimate of drug-likeness (QED) is 0.462. The van der Waals surface area contributed by atoms with Crippen molar-refractivity contribution in [1.29, 1.82) is 0 Å². The number of ether oxygens (including phenoxy) is 1. The number of carbonyl (C=O) groups is 1. The van der Waals surface area contributed by atoms with Crippen LogP contribution >= 0.6 is 0 Å². The summed E-state index contributed by atoms with van der Waals surface area (Å²) in [6.45, 7) is 4.36. The first-order chi connectivity index (χ1) is 12.0. The molecule has 0 saturated heterocycles. The normalized spacial score (nSPS) is 10.6. The lowest BCUT2D eigenvalue weighted by molar-refractivity contribution is -0.384. The van der Waals surface area contributed by atoms with Gasteiger partial charge in [-0.1, -0.05) is 31.2 Å². The van der Waals surface area contributed by atoms with Crippen molar-refractivity contribution in [3.05, 3.63) is 69.8 Å². The molecule has 25 heavy (non-hydrogen) atoms. The largest absolute Gasteiger partial charge is 0.493 e. The fourth-order valence-corrected chi connectivity index (χ4v) is 2.20. The fourth-order valence-electron chi connectivity index (χ4n) is 2.20. The zero-order valence-corrected chi connectivity index (χ0v) is 14.2. The van der Waals surface area contributed by atoms with Crippen molar-refractivity contribution in [2.45, 2.75) is 20.3 Å². The van der Waals surface area contributed by atoms with Crippen LogP contribution in [0.15, 0.2) is 48.5 Å². The third kappa shape index (κ3) is 5.17. The number of amides is 1. The first kappa shape index (κ1) is 18.2. The molecular weight excluding hydrogens is 320 g/mol. The SMILES string of the molecule is CCCOc1ccccc1/C=C/C(=O)Nc1ccc(C)cc1[N+](=O)[O-]. The summed E-state index contributed by atoms with van der Waals surface area (Å²) in [7, 11) is 0. The maximum atomic E-state index is 12.1. The highest BCUT2D eigenvalue weighted by Crippen LogP contribution is 2.25. The van der Waals surface area contributed by atoms with Gasteiger partial charge >= 0.3 is 0 Å². The summed E-state index contributed by atoms with van der Waals surface area (Å²) < 4.78 is 5.63. The number of nitrogens with one attached hydrogen (secondary N) is 1. The van der Waals surface area contributed by atoms with E-state index in [1.54, 1.807) is 19.1 Å². The van der Waals surface area contributed by atoms with Gasteiger partial charge in [-0.15, -0.1) is 0 Å². The Bertz CT molecular complexity index is 800. The minimum Gasteiger partial charge on any atom is -0.493 e. The second kappa shape index (κ2) is 8.63. The van der Waals surface area contributed by atoms with Gasteiger partial charge in [0.15, 0.2) is 0 Å². The maximum absolute atomic E-state index is 12.1. The summed E-state index contributed by atoms with van der Waals surface area (Å²) in [5.41, 5.74) is 1.56. The number of aryl methyl sites for hydroxylation is 1. The van der Waals surface area contributed by atoms with Crippen molar-refractivity contribution >= 4 is 23.4 Å². The zero-order valence-electron chi connectivity index (χ0n) is 14.2. The second-order valence-corrected chi connectivity index (χ2v) is 5.49. The minimum absolute atomic E-state index is 0.131. The molecule has 0 aliphatic heterocycles. The number of rotatable bonds is 7. The lowest BCUT2D eigenvalue weighted by Gasteiger charge is -2.08. The summed E-state index contributed by atoms with van der Waals surface area (Å²) in [4.78, 5) is 22.7. The molecular formula is C19H20N2O4. The molecule has 6 heteroatoms. The van der Waals surface area contributed by atoms with Crippen LogP contribution in [-0.2, 0) is 4.79 Å². The fraction of sp³-hybridized carbons (Fsp3) is 0.211. The molecule has 2 rings (SSSR count). The third-order valence-electron chi connectivity index (χ3n) is 3.40. The number of nitro benzene ring substituents is 1. The molecule has 0 aromatic heterocycles. The Morgan fingerprint density at radius 2 is 2.04 bits per heavy atom. The van der Waals surface area contributed by atoms with Crippen molar-refractivity contribution < 1.29 is 14.5 Å². The molecule has 1 N–H and O–H groups in total. The van der Waals surface area contributed by atoms with Crippen LogP contribution in [0.5, 0.6) is 5.75 Å². The smallest absolute Gasteiger partial charge is 0.293 e. The van der Waals surface area contributed by atoms with E-state index < -0.39 is 10.8 Å². The molecule has 0 unspecified atom stereocenters. The number of hydrogen-bond donors (Lipinski definition) is 1. The monoisotopic (exact) mass is 340 g/mol. The Kier molecular flexibility index (Phi) is 6.28. The van der Waals surface area contributed by atoms with E-state index in [4.69, 9.17) is 4.74 Å². The van der Waals surface area contributed by atoms with Crippen LogP contribution in [0.1, 0.15) is 24.5 Å². The number of para-hydroxylation sites is 1. The number of benzene rings is 2. The van der Waals surface area contributed by atoms with E-state index in [2.05, 4.69) is 5.32 Å². The third-order valence-corrected chi connectivity index (χ3v) is 3.40. The van der Waals surface area contributed by atoms with Gasteiger partial charge < -0.3 is 10.1 Å². The Morgan fingerprint density at radius 1 is 1.28 bits per heavy atom. The van der Waals surface area contributed by atoms with E-state index in [-0.39, 0.29) is 11.4 Å². The Morgan fingerprint density at radius 3 is 2.76 bits per heavy atom. The Labute approximate surface area is 146 Å². The molecule has 0 bridgehead atoms. The highest BCUT2D eigenvalue weighted by Gasteiger charge is 2.15. The molecule has 130 valence electrons. The lowest BCUT2D eigenvalue weighted by atomic mass is 10.1. The van der Waals surface area contributed by atoms with Gasteiger partial charge in [-0.2, -0.15) is 0 Å². The molecule has 2 aromatic rings. The van der Waals surface area contributed by atoms with Crippen LogP contribution in [0.25, 0.3) is 6.08 Å². The molecule has 0 aliphatic carbocycles. The average Bonchev–Trinajstić information content (AvgIpc) is 2.60. The first-order valence-electron chi connectivity index (χ1n) is 7.97. The van der Waals surface area contributed by atoms with Crippen LogP contribution in [-0.4, -0.2) is 17.4 Å². The van der Waals surface area contributed by atoms with Gasteiger partial charge in [0.05, 0.1) is 11.5 Å². The first-order valence-corrected chi connectivity index (χ1v) is 7.97. The predicted molar refractivity (Wildman–Crippen MR) is 97.7 cm³/mol. The van der Waals surface area contributed by atoms with Crippen LogP contribution in [0.4, 0.5) is 11.4 Å². The van der Waals surface area contributed by atoms with Crippen molar-refractivity contribution in [2.75, 3.05) is 11.9 Å². The van der Waals surface area contributed by atoms with E-state index in [1.165, 1.54) is 18.2 Å². The van der Waals surface area contributed by atoms with Gasteiger partial charge in [0.1, 0.15) is 11.4 Å². The van der Waals surface area contributed by atoms with Crippen LogP contribution in [0.2, 0.25) is 0 Å². The van der Waals surface area contributed by atoms with Gasteiger partial charge in [-0.05, 0) is 37.1 Å². The van der Waals surface area contributed by atoms with E-state index in [1.807, 2.05) is 31.2 Å². The Hall–Kier alpha value is -3.15. The molecule has 0 aliphatic rings. The van der Waals surface area contributed by atoms with Crippen molar-refractivity contribution in [2.24, 2.45) is 0 Å². The standard InChI is InChI=1S/C19H20N2O4/c1-3-12-25-18-7-5-4-6-15(18)9-11-19(22)20-16-10-8-14(2)13-17(16)21(23)24/h4-11,13H,3,12H2,1-2H3,(H,20,22)/b11-9+. The van der Waals surface area contributed by atoms with Crippen molar-refractivity contribution in [1.82, 2.24) is 0 Å². The Balaban J connectivity index is 2.13. The van der Waals surface area contributed by atoms with E-state index >= 15 is 0 Å². The molecule has 0 saturated carbocycles. The van der Waals surface area contributed by atoms with E-state index in [9.17, 15) is 14.9 Å². The molecule has 1 amide bonds. The molecule has 0 radical (unpaired) electrons. The molecule has 0 fully saturated rings. The van der Waals surface area contributed by atoms with Crippen molar-refractivity contribution in [3.63, 3.8) is 0 Å². The van der Waals surface area contributed by atoms with Gasteiger partial charge in [0, 0.05) is 17.7 Å². The summed E-state index contributed by atoms with van der Waals surface area (Å²) in [6, 6.07) is 12.0. The number of anilines is 1. The highest BCUT2D eigenvalue weighted by atomic mass is 16.6. The summed E-state index contributed by atoms with van der Waals surface area (Å²) in [5.74, 6) is 0.243. The van der Waals surface area contributed by atoms with Crippen LogP contribution < -0.4 is 10.1 Å². The second-order valence-electron chi connectivity index (χ2n) is 5.49. The zero-order chi connectivity index (χ0) is 18.2. The van der Waals surface area contributed by atoms with Gasteiger partial charge in [-0.25, -0.2) is 0 Å². The van der Waals surface area contributed by atoms with Crippen LogP contribution in [0.3, 0.4) is 0 Å². The van der Waals surface area contributed by atoms with Gasteiger partial charge in [0.2, 0.25) is 5.91 Å². The highest BCUT2D eigenvalue weighted by molar-refractivity contribution is 6.03. The topological polar surface area (TPSA) is 81.5 Å². The lowest BCUT2D eigenvalue weighted by Crippen LogP contribution is -2.09. The number of nitro groups is 1. The van der Waals surface area contributed by atoms with E-state index in [0.717, 1.165) is 17.5 Å². The molecule has 0 heterocycles. The summed E-state index contributed by atoms with van der Waals surface area (Å²) in [6.07, 6.45) is 3.84. The van der Waals surface area contributed by atoms with Crippen LogP contribution in [0, 0.1) is 17.0 Å².